The fraction of sp³-hybridized carbons (Fsp3) is 0.409. The molecule has 0 saturated carbocycles. The summed E-state index contributed by atoms with van der Waals surface area (Å²) in [6.07, 6.45) is 6.35. The van der Waals surface area contributed by atoms with Crippen LogP contribution in [0.2, 0.25) is 5.02 Å². The number of carbonyl (C=O) groups is 2. The number of nitrogens with zero attached hydrogens (tertiary/aromatic N) is 2. The van der Waals surface area contributed by atoms with Crippen molar-refractivity contribution in [2.24, 2.45) is 11.5 Å². The Morgan fingerprint density at radius 2 is 1.00 bits per heavy atom. The highest BCUT2D eigenvalue weighted by molar-refractivity contribution is 7.99. The van der Waals surface area contributed by atoms with Gasteiger partial charge in [0.15, 0.2) is 11.6 Å². The second-order valence-corrected chi connectivity index (χ2v) is 16.4. The van der Waals surface area contributed by atoms with Crippen LogP contribution in [-0.2, 0) is 0 Å². The minimum absolute atomic E-state index is 0.0698. The van der Waals surface area contributed by atoms with Gasteiger partial charge in [0.05, 0.1) is 0 Å². The van der Waals surface area contributed by atoms with Gasteiger partial charge < -0.3 is 31.9 Å². The number of Topliss-reactive ketones (excluding diaryl/α,β-unsaturated/α-hetero) is 2. The van der Waals surface area contributed by atoms with Crippen LogP contribution in [0.4, 0.5) is 11.4 Å². The number of anilines is 2. The highest BCUT2D eigenvalue weighted by atomic mass is 35.5. The summed E-state index contributed by atoms with van der Waals surface area (Å²) < 4.78 is 0. The number of halogens is 1. The predicted octanol–water partition coefficient (Wildman–Crippen LogP) is 9.43. The Labute approximate surface area is 342 Å². The molecule has 0 aliphatic heterocycles. The number of benzene rings is 4. The van der Waals surface area contributed by atoms with Gasteiger partial charge in [0.2, 0.25) is 0 Å². The molecule has 4 aromatic rings. The van der Waals surface area contributed by atoms with Gasteiger partial charge in [-0.25, -0.2) is 0 Å². The van der Waals surface area contributed by atoms with E-state index < -0.39 is 0 Å². The Morgan fingerprint density at radius 3 is 1.49 bits per heavy atom. The number of hydrogen-bond acceptors (Lipinski definition) is 10. The minimum Gasteiger partial charge on any atom is -0.384 e. The van der Waals surface area contributed by atoms with E-state index in [0.717, 1.165) is 128 Å². The number of para-hydroxylation sites is 1. The van der Waals surface area contributed by atoms with Crippen LogP contribution in [-0.4, -0.2) is 86.8 Å². The molecule has 0 amide bonds. The average molecular weight is 804 g/mol. The van der Waals surface area contributed by atoms with Crippen LogP contribution >= 0.6 is 35.1 Å². The van der Waals surface area contributed by atoms with Gasteiger partial charge in [0.25, 0.3) is 0 Å². The molecule has 4 aromatic carbocycles. The smallest absolute Gasteiger partial charge is 0.159 e. The number of nitrogens with two attached hydrogens (primary N) is 2. The Kier molecular flexibility index (Phi) is 20.2. The van der Waals surface area contributed by atoms with Crippen LogP contribution in [0.15, 0.2) is 111 Å². The lowest BCUT2D eigenvalue weighted by Crippen LogP contribution is -2.32. The molecule has 0 aromatic heterocycles. The topological polar surface area (TPSA) is 117 Å². The summed E-state index contributed by atoms with van der Waals surface area (Å²) in [5.41, 5.74) is 15.4. The molecular weight excluding hydrogens is 744 g/mol. The maximum absolute atomic E-state index is 11.7. The van der Waals surface area contributed by atoms with Crippen molar-refractivity contribution in [2.45, 2.75) is 72.0 Å². The van der Waals surface area contributed by atoms with Gasteiger partial charge in [-0.3, -0.25) is 9.59 Å². The van der Waals surface area contributed by atoms with Gasteiger partial charge in [-0.05, 0) is 159 Å². The van der Waals surface area contributed by atoms with Crippen molar-refractivity contribution < 1.29 is 9.59 Å². The lowest BCUT2D eigenvalue weighted by molar-refractivity contribution is 0.100. The monoisotopic (exact) mass is 802 g/mol. The minimum atomic E-state index is 0.0698. The van der Waals surface area contributed by atoms with E-state index in [2.05, 4.69) is 44.7 Å². The van der Waals surface area contributed by atoms with Crippen molar-refractivity contribution in [3.63, 3.8) is 0 Å². The summed E-state index contributed by atoms with van der Waals surface area (Å²) in [5, 5.41) is 8.00. The van der Waals surface area contributed by atoms with E-state index in [0.29, 0.717) is 18.1 Å². The van der Waals surface area contributed by atoms with Crippen LogP contribution in [0.3, 0.4) is 0 Å². The van der Waals surface area contributed by atoms with E-state index in [1.165, 1.54) is 4.90 Å². The molecule has 8 nitrogen and oxygen atoms in total. The number of nitrogens with one attached hydrogen (secondary N) is 2. The number of ketones is 2. The number of rotatable bonds is 27. The van der Waals surface area contributed by atoms with Crippen LogP contribution in [0.25, 0.3) is 0 Å². The zero-order valence-corrected chi connectivity index (χ0v) is 34.9. The molecule has 6 N–H and O–H groups in total. The first-order valence-corrected chi connectivity index (χ1v) is 21.6. The maximum atomic E-state index is 11.7. The van der Waals surface area contributed by atoms with E-state index in [9.17, 15) is 9.59 Å². The van der Waals surface area contributed by atoms with E-state index in [1.54, 1.807) is 37.4 Å². The third-order valence-corrected chi connectivity index (χ3v) is 11.7. The molecule has 0 unspecified atom stereocenters. The molecule has 0 atom stereocenters. The van der Waals surface area contributed by atoms with E-state index in [-0.39, 0.29) is 11.6 Å². The first-order chi connectivity index (χ1) is 26.7. The molecular formula is C44H59ClN6O2S2. The molecule has 55 heavy (non-hydrogen) atoms. The molecule has 4 rings (SSSR count). The molecule has 0 fully saturated rings. The van der Waals surface area contributed by atoms with Gasteiger partial charge in [-0.2, -0.15) is 0 Å². The molecule has 0 radical (unpaired) electrons. The zero-order chi connectivity index (χ0) is 39.3. The molecule has 296 valence electrons. The Morgan fingerprint density at radius 1 is 0.564 bits per heavy atom. The molecule has 0 saturated heterocycles. The summed E-state index contributed by atoms with van der Waals surface area (Å²) in [7, 11) is 0. The van der Waals surface area contributed by atoms with Crippen LogP contribution in [0, 0.1) is 0 Å². The number of carbonyl (C=O) groups excluding carboxylic acids is 2. The van der Waals surface area contributed by atoms with Crippen molar-refractivity contribution in [1.29, 1.82) is 0 Å². The Bertz CT molecular complexity index is 1740. The SMILES string of the molecule is CC(=O)c1ccc(Sc2ccccc2NCCCN(CCCN)CCCCN(CCCN)CCCNc2cc(Cl)ccc2Sc2ccc(C(C)=O)cc2)cc1. The standard InChI is InChI=1S/C44H59ClN6O2S2/c1-34(52)36-13-18-39(19-14-36)54-43-12-4-3-11-41(43)48-25-9-31-50(29-7-23-46)27-5-6-28-51(30-8-24-47)32-10-26-49-42-33-38(45)17-22-44(42)55-40-20-15-37(16-21-40)35(2)53/h3-4,11-22,33,48-49H,5-10,23-32,46-47H2,1-2H3. The summed E-state index contributed by atoms with van der Waals surface area (Å²) in [5.74, 6) is 0.153. The zero-order valence-electron chi connectivity index (χ0n) is 32.5. The number of unbranched alkanes of at least 4 members (excludes halogenated alkanes) is 1. The van der Waals surface area contributed by atoms with E-state index in [4.69, 9.17) is 23.1 Å². The van der Waals surface area contributed by atoms with Crippen molar-refractivity contribution in [3.05, 3.63) is 107 Å². The molecule has 0 aliphatic rings. The van der Waals surface area contributed by atoms with Crippen LogP contribution < -0.4 is 22.1 Å². The van der Waals surface area contributed by atoms with Crippen molar-refractivity contribution in [3.8, 4) is 0 Å². The molecule has 0 spiro atoms. The van der Waals surface area contributed by atoms with Gasteiger partial charge in [-0.15, -0.1) is 0 Å². The van der Waals surface area contributed by atoms with E-state index in [1.807, 2.05) is 66.7 Å². The number of hydrogen-bond donors (Lipinski definition) is 4. The average Bonchev–Trinajstić information content (AvgIpc) is 3.19. The first-order valence-electron chi connectivity index (χ1n) is 19.5. The largest absolute Gasteiger partial charge is 0.384 e. The molecule has 0 heterocycles. The molecule has 0 bridgehead atoms. The quantitative estimate of drug-likeness (QED) is 0.0343. The van der Waals surface area contributed by atoms with Gasteiger partial charge in [0, 0.05) is 60.2 Å². The van der Waals surface area contributed by atoms with Gasteiger partial charge in [0.1, 0.15) is 0 Å². The van der Waals surface area contributed by atoms with Gasteiger partial charge in [-0.1, -0.05) is 71.5 Å². The summed E-state index contributed by atoms with van der Waals surface area (Å²) >= 11 is 9.77. The third kappa shape index (κ3) is 16.3. The lowest BCUT2D eigenvalue weighted by atomic mass is 10.2. The molecule has 11 heteroatoms. The van der Waals surface area contributed by atoms with Gasteiger partial charge >= 0.3 is 0 Å². The highest BCUT2D eigenvalue weighted by Crippen LogP contribution is 2.36. The van der Waals surface area contributed by atoms with Crippen molar-refractivity contribution in [1.82, 2.24) is 9.80 Å². The second kappa shape index (κ2) is 25.0. The predicted molar refractivity (Wildman–Crippen MR) is 235 cm³/mol. The van der Waals surface area contributed by atoms with Crippen LogP contribution in [0.5, 0.6) is 0 Å². The van der Waals surface area contributed by atoms with E-state index >= 15 is 0 Å². The fourth-order valence-electron chi connectivity index (χ4n) is 6.22. The molecule has 0 aliphatic carbocycles. The lowest BCUT2D eigenvalue weighted by Gasteiger charge is -2.25. The summed E-state index contributed by atoms with van der Waals surface area (Å²) in [6.45, 7) is 12.5. The Balaban J connectivity index is 1.19. The third-order valence-electron chi connectivity index (χ3n) is 9.29. The summed E-state index contributed by atoms with van der Waals surface area (Å²) in [6, 6.07) is 29.9. The highest BCUT2D eigenvalue weighted by Gasteiger charge is 2.11. The fourth-order valence-corrected chi connectivity index (χ4v) is 8.22. The Hall–Kier alpha value is -3.35. The summed E-state index contributed by atoms with van der Waals surface area (Å²) in [4.78, 5) is 32.9. The van der Waals surface area contributed by atoms with Crippen LogP contribution in [0.1, 0.15) is 73.1 Å². The first kappa shape index (κ1) is 44.4. The van der Waals surface area contributed by atoms with Crippen molar-refractivity contribution in [2.75, 3.05) is 76.1 Å². The van der Waals surface area contributed by atoms with Crippen molar-refractivity contribution >= 4 is 58.1 Å². The normalized spacial score (nSPS) is 11.3. The second-order valence-electron chi connectivity index (χ2n) is 13.7. The maximum Gasteiger partial charge on any atom is 0.159 e.